The van der Waals surface area contributed by atoms with E-state index in [0.717, 1.165) is 30.7 Å². The molecule has 0 spiro atoms. The number of benzene rings is 1. The second kappa shape index (κ2) is 9.29. The van der Waals surface area contributed by atoms with E-state index in [-0.39, 0.29) is 12.3 Å². The average Bonchev–Trinajstić information content (AvgIpc) is 2.90. The Morgan fingerprint density at radius 3 is 2.21 bits per heavy atom. The van der Waals surface area contributed by atoms with Gasteiger partial charge >= 0.3 is 12.1 Å². The first-order valence-electron chi connectivity index (χ1n) is 10.4. The maximum Gasteiger partial charge on any atom is 0.416 e. The average molecular weight is 397 g/mol. The number of hydrogen-bond acceptors (Lipinski definition) is 2. The lowest BCUT2D eigenvalue weighted by atomic mass is 9.76. The molecule has 0 amide bonds. The van der Waals surface area contributed by atoms with Crippen LogP contribution in [0, 0.1) is 17.8 Å². The summed E-state index contributed by atoms with van der Waals surface area (Å²) >= 11 is 0. The molecule has 3 nitrogen and oxygen atoms in total. The summed E-state index contributed by atoms with van der Waals surface area (Å²) in [6, 6.07) is 5.36. The molecule has 0 bridgehead atoms. The summed E-state index contributed by atoms with van der Waals surface area (Å²) in [7, 11) is 0. The van der Waals surface area contributed by atoms with Crippen molar-refractivity contribution in [2.24, 2.45) is 17.8 Å². The minimum atomic E-state index is -4.32. The summed E-state index contributed by atoms with van der Waals surface area (Å²) in [6.45, 7) is 2.20. The first-order valence-corrected chi connectivity index (χ1v) is 10.4. The van der Waals surface area contributed by atoms with Gasteiger partial charge in [-0.05, 0) is 41.9 Å². The molecule has 2 fully saturated rings. The Morgan fingerprint density at radius 1 is 1.00 bits per heavy atom. The fourth-order valence-corrected chi connectivity index (χ4v) is 5.05. The number of rotatable bonds is 5. The quantitative estimate of drug-likeness (QED) is 0.659. The molecular formula is C22H30F3NO2. The predicted octanol–water partition coefficient (Wildman–Crippen LogP) is 5.59. The van der Waals surface area contributed by atoms with Crippen molar-refractivity contribution in [3.63, 3.8) is 0 Å². The van der Waals surface area contributed by atoms with Crippen LogP contribution in [0.2, 0.25) is 0 Å². The fourth-order valence-electron chi connectivity index (χ4n) is 5.05. The third kappa shape index (κ3) is 5.97. The van der Waals surface area contributed by atoms with Gasteiger partial charge in [-0.25, -0.2) is 0 Å². The highest BCUT2D eigenvalue weighted by Gasteiger charge is 2.34. The van der Waals surface area contributed by atoms with Gasteiger partial charge in [0.1, 0.15) is 0 Å². The van der Waals surface area contributed by atoms with E-state index in [1.54, 1.807) is 12.1 Å². The van der Waals surface area contributed by atoms with Crippen LogP contribution in [0.15, 0.2) is 24.3 Å². The SMILES string of the molecule is O=C(O)C[C@H]1C[C@H](C2CCCCCC2)CN(Cc2ccc(C(F)(F)F)cc2)C1. The summed E-state index contributed by atoms with van der Waals surface area (Å²) in [6.07, 6.45) is 4.34. The molecule has 1 aromatic rings. The van der Waals surface area contributed by atoms with Crippen LogP contribution in [0.4, 0.5) is 13.2 Å². The van der Waals surface area contributed by atoms with Crippen molar-refractivity contribution in [1.82, 2.24) is 4.90 Å². The molecule has 1 aromatic carbocycles. The Hall–Kier alpha value is -1.56. The van der Waals surface area contributed by atoms with Crippen molar-refractivity contribution >= 4 is 5.97 Å². The zero-order valence-corrected chi connectivity index (χ0v) is 16.3. The van der Waals surface area contributed by atoms with E-state index in [9.17, 15) is 23.1 Å². The van der Waals surface area contributed by atoms with Crippen LogP contribution in [0.1, 0.15) is 62.5 Å². The Bertz CT molecular complexity index is 636. The van der Waals surface area contributed by atoms with Crippen molar-refractivity contribution < 1.29 is 23.1 Å². The molecule has 0 radical (unpaired) electrons. The standard InChI is InChI=1S/C22H30F3NO2/c23-22(24,25)20-9-7-16(8-10-20)13-26-14-17(12-21(27)28)11-19(15-26)18-5-3-1-2-4-6-18/h7-10,17-19H,1-6,11-15H2,(H,27,28)/t17-,19+/m1/s1. The number of nitrogens with zero attached hydrogens (tertiary/aromatic N) is 1. The van der Waals surface area contributed by atoms with Crippen molar-refractivity contribution in [3.05, 3.63) is 35.4 Å². The lowest BCUT2D eigenvalue weighted by molar-refractivity contribution is -0.139. The van der Waals surface area contributed by atoms with Crippen molar-refractivity contribution in [2.75, 3.05) is 13.1 Å². The smallest absolute Gasteiger partial charge is 0.416 e. The van der Waals surface area contributed by atoms with E-state index in [4.69, 9.17) is 0 Å². The van der Waals surface area contributed by atoms with Gasteiger partial charge < -0.3 is 5.11 Å². The molecule has 2 atom stereocenters. The second-order valence-corrected chi connectivity index (χ2v) is 8.60. The zero-order chi connectivity index (χ0) is 20.1. The van der Waals surface area contributed by atoms with Gasteiger partial charge in [0.25, 0.3) is 0 Å². The van der Waals surface area contributed by atoms with E-state index >= 15 is 0 Å². The number of hydrogen-bond donors (Lipinski definition) is 1. The molecule has 1 heterocycles. The van der Waals surface area contributed by atoms with Crippen molar-refractivity contribution in [3.8, 4) is 0 Å². The van der Waals surface area contributed by atoms with Crippen LogP contribution in [0.3, 0.4) is 0 Å². The van der Waals surface area contributed by atoms with Gasteiger partial charge in [-0.3, -0.25) is 9.69 Å². The molecule has 2 aliphatic rings. The molecule has 0 aromatic heterocycles. The molecule has 1 aliphatic carbocycles. The molecule has 1 saturated heterocycles. The van der Waals surface area contributed by atoms with E-state index in [1.807, 2.05) is 0 Å². The Morgan fingerprint density at radius 2 is 1.64 bits per heavy atom. The Labute approximate surface area is 164 Å². The minimum absolute atomic E-state index is 0.119. The number of carbonyl (C=O) groups is 1. The van der Waals surface area contributed by atoms with Crippen LogP contribution in [-0.2, 0) is 17.5 Å². The topological polar surface area (TPSA) is 40.5 Å². The van der Waals surface area contributed by atoms with E-state index in [1.165, 1.54) is 38.5 Å². The highest BCUT2D eigenvalue weighted by Crippen LogP contribution is 2.37. The van der Waals surface area contributed by atoms with Gasteiger partial charge in [0.2, 0.25) is 0 Å². The van der Waals surface area contributed by atoms with Crippen LogP contribution >= 0.6 is 0 Å². The molecule has 3 rings (SSSR count). The van der Waals surface area contributed by atoms with Gasteiger partial charge in [0.15, 0.2) is 0 Å². The Balaban J connectivity index is 1.68. The molecule has 1 aliphatic heterocycles. The van der Waals surface area contributed by atoms with E-state index in [2.05, 4.69) is 4.90 Å². The van der Waals surface area contributed by atoms with E-state index in [0.29, 0.717) is 24.9 Å². The number of alkyl halides is 3. The number of carboxylic acid groups (broad SMARTS) is 1. The second-order valence-electron chi connectivity index (χ2n) is 8.60. The minimum Gasteiger partial charge on any atom is -0.481 e. The molecule has 1 saturated carbocycles. The third-order valence-corrected chi connectivity index (χ3v) is 6.36. The number of carboxylic acids is 1. The van der Waals surface area contributed by atoms with Crippen molar-refractivity contribution in [1.29, 1.82) is 0 Å². The zero-order valence-electron chi connectivity index (χ0n) is 16.3. The summed E-state index contributed by atoms with van der Waals surface area (Å²) in [5.74, 6) is 0.495. The maximum atomic E-state index is 12.8. The van der Waals surface area contributed by atoms with E-state index < -0.39 is 17.7 Å². The summed E-state index contributed by atoms with van der Waals surface area (Å²) in [5, 5.41) is 9.27. The van der Waals surface area contributed by atoms with Crippen LogP contribution in [0.25, 0.3) is 0 Å². The summed E-state index contributed by atoms with van der Waals surface area (Å²) < 4.78 is 38.3. The van der Waals surface area contributed by atoms with Gasteiger partial charge in [-0.15, -0.1) is 0 Å². The maximum absolute atomic E-state index is 12.8. The number of aliphatic carboxylic acids is 1. The van der Waals surface area contributed by atoms with Crippen LogP contribution < -0.4 is 0 Å². The third-order valence-electron chi connectivity index (χ3n) is 6.36. The van der Waals surface area contributed by atoms with Gasteiger partial charge in [0.05, 0.1) is 5.56 Å². The molecular weight excluding hydrogens is 367 g/mol. The number of likely N-dealkylation sites (tertiary alicyclic amines) is 1. The van der Waals surface area contributed by atoms with Crippen molar-refractivity contribution in [2.45, 2.75) is 64.1 Å². The monoisotopic (exact) mass is 397 g/mol. The largest absolute Gasteiger partial charge is 0.481 e. The number of halogens is 3. The van der Waals surface area contributed by atoms with Crippen LogP contribution in [-0.4, -0.2) is 29.1 Å². The van der Waals surface area contributed by atoms with Gasteiger partial charge in [-0.2, -0.15) is 13.2 Å². The predicted molar refractivity (Wildman–Crippen MR) is 102 cm³/mol. The molecule has 6 heteroatoms. The fraction of sp³-hybridized carbons (Fsp3) is 0.682. The Kier molecular flexibility index (Phi) is 7.02. The normalized spacial score (nSPS) is 25.4. The molecule has 28 heavy (non-hydrogen) atoms. The lowest BCUT2D eigenvalue weighted by Crippen LogP contribution is -2.43. The first-order chi connectivity index (χ1) is 13.3. The highest BCUT2D eigenvalue weighted by atomic mass is 19.4. The molecule has 1 N–H and O–H groups in total. The highest BCUT2D eigenvalue weighted by molar-refractivity contribution is 5.67. The number of piperidine rings is 1. The summed E-state index contributed by atoms with van der Waals surface area (Å²) in [5.41, 5.74) is 0.221. The first kappa shape index (κ1) is 21.2. The van der Waals surface area contributed by atoms with Gasteiger partial charge in [-0.1, -0.05) is 50.7 Å². The molecule has 156 valence electrons. The van der Waals surface area contributed by atoms with Gasteiger partial charge in [0, 0.05) is 26.1 Å². The summed E-state index contributed by atoms with van der Waals surface area (Å²) in [4.78, 5) is 13.5. The van der Waals surface area contributed by atoms with Crippen LogP contribution in [0.5, 0.6) is 0 Å². The lowest BCUT2D eigenvalue weighted by Gasteiger charge is -2.41. The molecule has 0 unspecified atom stereocenters.